The molecule has 2 aromatic rings. The number of amides is 1. The standard InChI is InChI=1S/C14H12ClFN2O3/c1-9(21-13-4-2-3-7-18(13)20)14(19)17-12-6-5-10(16)8-11(12)15/h2-9H,1H3,(H,17,19)/t9-/m0/s1. The fraction of sp³-hybridized carbons (Fsp3) is 0.143. The molecular weight excluding hydrogens is 299 g/mol. The fourth-order valence-electron chi connectivity index (χ4n) is 1.56. The molecule has 2 rings (SSSR count). The first-order valence-electron chi connectivity index (χ1n) is 6.08. The minimum absolute atomic E-state index is 0.00496. The first-order chi connectivity index (χ1) is 9.97. The van der Waals surface area contributed by atoms with Crippen LogP contribution in [-0.2, 0) is 4.79 Å². The summed E-state index contributed by atoms with van der Waals surface area (Å²) in [4.78, 5) is 12.0. The predicted molar refractivity (Wildman–Crippen MR) is 75.5 cm³/mol. The van der Waals surface area contributed by atoms with Crippen molar-refractivity contribution < 1.29 is 18.7 Å². The SMILES string of the molecule is C[C@H](Oc1cccc[n+]1[O-])C(=O)Nc1ccc(F)cc1Cl. The van der Waals surface area contributed by atoms with Crippen LogP contribution in [0, 0.1) is 11.0 Å². The number of hydrogen-bond acceptors (Lipinski definition) is 3. The molecule has 1 aromatic heterocycles. The molecule has 0 unspecified atom stereocenters. The van der Waals surface area contributed by atoms with Gasteiger partial charge in [-0.3, -0.25) is 4.79 Å². The second-order valence-electron chi connectivity index (χ2n) is 4.24. The Bertz CT molecular complexity index is 666. The Morgan fingerprint density at radius 2 is 2.19 bits per heavy atom. The number of hydrogen-bond donors (Lipinski definition) is 1. The van der Waals surface area contributed by atoms with Gasteiger partial charge in [-0.2, -0.15) is 0 Å². The number of halogens is 2. The summed E-state index contributed by atoms with van der Waals surface area (Å²) in [5.74, 6) is -1.00. The van der Waals surface area contributed by atoms with E-state index in [0.29, 0.717) is 4.73 Å². The molecule has 0 fully saturated rings. The van der Waals surface area contributed by atoms with Gasteiger partial charge in [-0.15, -0.1) is 4.73 Å². The van der Waals surface area contributed by atoms with Gasteiger partial charge in [0.2, 0.25) is 0 Å². The number of anilines is 1. The van der Waals surface area contributed by atoms with Gasteiger partial charge >= 0.3 is 5.88 Å². The van der Waals surface area contributed by atoms with Crippen LogP contribution in [0.4, 0.5) is 10.1 Å². The molecule has 1 N–H and O–H groups in total. The molecule has 0 bridgehead atoms. The largest absolute Gasteiger partial charge is 0.616 e. The molecule has 0 radical (unpaired) electrons. The normalized spacial score (nSPS) is 11.8. The first kappa shape index (κ1) is 15.1. The molecule has 0 spiro atoms. The van der Waals surface area contributed by atoms with Crippen LogP contribution in [0.25, 0.3) is 0 Å². The molecule has 0 saturated carbocycles. The molecule has 1 amide bonds. The van der Waals surface area contributed by atoms with Gasteiger partial charge in [-0.05, 0) is 31.2 Å². The quantitative estimate of drug-likeness (QED) is 0.697. The van der Waals surface area contributed by atoms with E-state index in [1.54, 1.807) is 12.1 Å². The molecule has 1 atom stereocenters. The number of carbonyl (C=O) groups excluding carboxylic acids is 1. The van der Waals surface area contributed by atoms with Gasteiger partial charge in [0.1, 0.15) is 5.82 Å². The number of nitrogens with one attached hydrogen (secondary N) is 1. The number of benzene rings is 1. The van der Waals surface area contributed by atoms with Crippen molar-refractivity contribution in [2.75, 3.05) is 5.32 Å². The van der Waals surface area contributed by atoms with Crippen LogP contribution in [0.3, 0.4) is 0 Å². The lowest BCUT2D eigenvalue weighted by molar-refractivity contribution is -0.613. The van der Waals surface area contributed by atoms with Crippen LogP contribution in [-0.4, -0.2) is 12.0 Å². The van der Waals surface area contributed by atoms with E-state index in [4.69, 9.17) is 16.3 Å². The van der Waals surface area contributed by atoms with Crippen LogP contribution in [0.2, 0.25) is 5.02 Å². The molecule has 0 saturated heterocycles. The van der Waals surface area contributed by atoms with Gasteiger partial charge in [0.05, 0.1) is 16.8 Å². The zero-order valence-corrected chi connectivity index (χ0v) is 11.8. The minimum Gasteiger partial charge on any atom is -0.616 e. The van der Waals surface area contributed by atoms with E-state index >= 15 is 0 Å². The minimum atomic E-state index is -0.922. The molecule has 1 aromatic carbocycles. The summed E-state index contributed by atoms with van der Waals surface area (Å²) in [6, 6.07) is 8.22. The second-order valence-corrected chi connectivity index (χ2v) is 4.65. The van der Waals surface area contributed by atoms with E-state index in [-0.39, 0.29) is 16.6 Å². The molecular formula is C14H12ClFN2O3. The summed E-state index contributed by atoms with van der Waals surface area (Å²) < 4.78 is 18.7. The molecule has 110 valence electrons. The maximum atomic E-state index is 12.9. The Morgan fingerprint density at radius 3 is 2.86 bits per heavy atom. The van der Waals surface area contributed by atoms with Crippen molar-refractivity contribution in [3.05, 3.63) is 58.6 Å². The fourth-order valence-corrected chi connectivity index (χ4v) is 1.78. The van der Waals surface area contributed by atoms with Crippen LogP contribution in [0.1, 0.15) is 6.92 Å². The third-order valence-electron chi connectivity index (χ3n) is 2.64. The van der Waals surface area contributed by atoms with Crippen molar-refractivity contribution in [2.45, 2.75) is 13.0 Å². The first-order valence-corrected chi connectivity index (χ1v) is 6.46. The second kappa shape index (κ2) is 6.41. The highest BCUT2D eigenvalue weighted by Crippen LogP contribution is 2.22. The molecule has 1 heterocycles. The Labute approximate surface area is 125 Å². The lowest BCUT2D eigenvalue weighted by atomic mass is 10.3. The summed E-state index contributed by atoms with van der Waals surface area (Å²) in [5, 5.41) is 14.0. The topological polar surface area (TPSA) is 65.3 Å². The van der Waals surface area contributed by atoms with E-state index in [1.165, 1.54) is 31.3 Å². The van der Waals surface area contributed by atoms with E-state index in [9.17, 15) is 14.4 Å². The van der Waals surface area contributed by atoms with Crippen LogP contribution >= 0.6 is 11.6 Å². The number of carbonyl (C=O) groups is 1. The van der Waals surface area contributed by atoms with E-state index < -0.39 is 17.8 Å². The van der Waals surface area contributed by atoms with Gasteiger partial charge < -0.3 is 15.3 Å². The van der Waals surface area contributed by atoms with Crippen molar-refractivity contribution >= 4 is 23.2 Å². The average molecular weight is 311 g/mol. The third kappa shape index (κ3) is 3.82. The van der Waals surface area contributed by atoms with E-state index in [2.05, 4.69) is 5.32 Å². The summed E-state index contributed by atoms with van der Waals surface area (Å²) in [6.45, 7) is 1.49. The zero-order valence-electron chi connectivity index (χ0n) is 11.0. The maximum absolute atomic E-state index is 12.9. The summed E-state index contributed by atoms with van der Waals surface area (Å²) in [5.41, 5.74) is 0.265. The van der Waals surface area contributed by atoms with Gasteiger partial charge in [-0.1, -0.05) is 11.6 Å². The zero-order chi connectivity index (χ0) is 15.4. The van der Waals surface area contributed by atoms with Gasteiger partial charge in [-0.25, -0.2) is 4.39 Å². The van der Waals surface area contributed by atoms with Gasteiger partial charge in [0, 0.05) is 6.07 Å². The Balaban J connectivity index is 2.04. The van der Waals surface area contributed by atoms with Crippen molar-refractivity contribution in [3.8, 4) is 5.88 Å². The number of rotatable bonds is 4. The van der Waals surface area contributed by atoms with Crippen molar-refractivity contribution in [2.24, 2.45) is 0 Å². The number of pyridine rings is 1. The number of ether oxygens (including phenoxy) is 1. The molecule has 7 heteroatoms. The van der Waals surface area contributed by atoms with Crippen LogP contribution < -0.4 is 14.8 Å². The molecule has 21 heavy (non-hydrogen) atoms. The van der Waals surface area contributed by atoms with E-state index in [1.807, 2.05) is 0 Å². The van der Waals surface area contributed by atoms with Gasteiger partial charge in [0.25, 0.3) is 5.91 Å². The maximum Gasteiger partial charge on any atom is 0.380 e. The average Bonchev–Trinajstić information content (AvgIpc) is 2.44. The van der Waals surface area contributed by atoms with Crippen LogP contribution in [0.5, 0.6) is 5.88 Å². The highest BCUT2D eigenvalue weighted by Gasteiger charge is 2.19. The Morgan fingerprint density at radius 1 is 1.43 bits per heavy atom. The Kier molecular flexibility index (Phi) is 4.59. The van der Waals surface area contributed by atoms with Crippen LogP contribution in [0.15, 0.2) is 42.6 Å². The monoisotopic (exact) mass is 310 g/mol. The lowest BCUT2D eigenvalue weighted by Crippen LogP contribution is -2.36. The predicted octanol–water partition coefficient (Wildman–Crippen LogP) is 2.52. The lowest BCUT2D eigenvalue weighted by Gasteiger charge is -2.14. The Hall–Kier alpha value is -2.34. The number of aromatic nitrogens is 1. The molecule has 0 aliphatic carbocycles. The molecule has 0 aliphatic rings. The van der Waals surface area contributed by atoms with Crippen molar-refractivity contribution in [1.29, 1.82) is 0 Å². The van der Waals surface area contributed by atoms with E-state index in [0.717, 1.165) is 6.07 Å². The van der Waals surface area contributed by atoms with Crippen molar-refractivity contribution in [3.63, 3.8) is 0 Å². The third-order valence-corrected chi connectivity index (χ3v) is 2.96. The highest BCUT2D eigenvalue weighted by atomic mass is 35.5. The summed E-state index contributed by atoms with van der Waals surface area (Å²) in [6.07, 6.45) is 0.338. The number of nitrogens with zero attached hydrogens (tertiary/aromatic N) is 1. The van der Waals surface area contributed by atoms with Crippen molar-refractivity contribution in [1.82, 2.24) is 0 Å². The van der Waals surface area contributed by atoms with Gasteiger partial charge in [0.15, 0.2) is 12.3 Å². The molecule has 0 aliphatic heterocycles. The summed E-state index contributed by atoms with van der Waals surface area (Å²) in [7, 11) is 0. The highest BCUT2D eigenvalue weighted by molar-refractivity contribution is 6.33. The summed E-state index contributed by atoms with van der Waals surface area (Å²) >= 11 is 5.81. The molecule has 5 nitrogen and oxygen atoms in total. The smallest absolute Gasteiger partial charge is 0.380 e.